The van der Waals surface area contributed by atoms with Gasteiger partial charge in [-0.3, -0.25) is 0 Å². The Morgan fingerprint density at radius 1 is 1.38 bits per heavy atom. The summed E-state index contributed by atoms with van der Waals surface area (Å²) in [5.41, 5.74) is 2.56. The summed E-state index contributed by atoms with van der Waals surface area (Å²) >= 11 is 0. The topological polar surface area (TPSA) is 24.5 Å². The van der Waals surface area contributed by atoms with Crippen molar-refractivity contribution in [3.8, 4) is 5.75 Å². The van der Waals surface area contributed by atoms with Crippen LogP contribution in [0, 0.1) is 12.8 Å². The lowest BCUT2D eigenvalue weighted by molar-refractivity contribution is 0.209. The van der Waals surface area contributed by atoms with Gasteiger partial charge in [-0.25, -0.2) is 0 Å². The van der Waals surface area contributed by atoms with E-state index in [4.69, 9.17) is 4.74 Å². The van der Waals surface area contributed by atoms with Crippen LogP contribution in [-0.2, 0) is 0 Å². The second-order valence-electron chi connectivity index (χ2n) is 6.37. The molecule has 1 fully saturated rings. The van der Waals surface area contributed by atoms with E-state index >= 15 is 0 Å². The molecule has 1 N–H and O–H groups in total. The van der Waals surface area contributed by atoms with Crippen molar-refractivity contribution < 1.29 is 4.74 Å². The monoisotopic (exact) mass is 290 g/mol. The second kappa shape index (κ2) is 7.28. The third kappa shape index (κ3) is 4.21. The maximum atomic E-state index is 5.57. The SMILES string of the molecule is CCNC(CN(C)C(C)C1CC1)c1cc(C)ccc1OC. The standard InChI is InChI=1S/C18H30N2O/c1-6-19-17(12-20(4)14(3)15-8-9-15)16-11-13(2)7-10-18(16)21-5/h7,10-11,14-15,17,19H,6,8-9,12H2,1-5H3. The van der Waals surface area contributed by atoms with Gasteiger partial charge >= 0.3 is 0 Å². The van der Waals surface area contributed by atoms with Crippen molar-refractivity contribution in [2.45, 2.75) is 45.7 Å². The molecule has 21 heavy (non-hydrogen) atoms. The Kier molecular flexibility index (Phi) is 5.65. The van der Waals surface area contributed by atoms with Gasteiger partial charge in [0.25, 0.3) is 0 Å². The zero-order chi connectivity index (χ0) is 15.4. The molecule has 118 valence electrons. The summed E-state index contributed by atoms with van der Waals surface area (Å²) in [6.45, 7) is 8.65. The Hall–Kier alpha value is -1.06. The van der Waals surface area contributed by atoms with Crippen LogP contribution in [0.1, 0.15) is 43.9 Å². The van der Waals surface area contributed by atoms with Crippen LogP contribution in [0.15, 0.2) is 18.2 Å². The molecule has 1 aliphatic carbocycles. The van der Waals surface area contributed by atoms with E-state index in [0.29, 0.717) is 12.1 Å². The molecule has 0 aromatic heterocycles. The van der Waals surface area contributed by atoms with Crippen LogP contribution in [0.2, 0.25) is 0 Å². The van der Waals surface area contributed by atoms with E-state index in [-0.39, 0.29) is 0 Å². The van der Waals surface area contributed by atoms with Crippen LogP contribution in [-0.4, -0.2) is 38.2 Å². The van der Waals surface area contributed by atoms with Crippen LogP contribution in [0.4, 0.5) is 0 Å². The maximum absolute atomic E-state index is 5.57. The number of rotatable bonds is 8. The van der Waals surface area contributed by atoms with Gasteiger partial charge in [-0.05, 0) is 52.3 Å². The summed E-state index contributed by atoms with van der Waals surface area (Å²) in [6, 6.07) is 7.43. The van der Waals surface area contributed by atoms with Crippen LogP contribution < -0.4 is 10.1 Å². The van der Waals surface area contributed by atoms with Gasteiger partial charge in [0.2, 0.25) is 0 Å². The van der Waals surface area contributed by atoms with Crippen molar-refractivity contribution in [2.24, 2.45) is 5.92 Å². The zero-order valence-electron chi connectivity index (χ0n) is 14.1. The van der Waals surface area contributed by atoms with Crippen molar-refractivity contribution in [3.05, 3.63) is 29.3 Å². The molecule has 1 aromatic rings. The number of hydrogen-bond donors (Lipinski definition) is 1. The quantitative estimate of drug-likeness (QED) is 0.794. The largest absolute Gasteiger partial charge is 0.496 e. The molecule has 0 aliphatic heterocycles. The van der Waals surface area contributed by atoms with E-state index in [1.165, 1.54) is 24.0 Å². The molecule has 3 heteroatoms. The fourth-order valence-corrected chi connectivity index (χ4v) is 3.04. The average molecular weight is 290 g/mol. The predicted molar refractivity (Wildman–Crippen MR) is 89.0 cm³/mol. The zero-order valence-corrected chi connectivity index (χ0v) is 14.1. The number of nitrogens with zero attached hydrogens (tertiary/aromatic N) is 1. The van der Waals surface area contributed by atoms with Crippen LogP contribution in [0.5, 0.6) is 5.75 Å². The van der Waals surface area contributed by atoms with Crippen molar-refractivity contribution in [1.29, 1.82) is 0 Å². The van der Waals surface area contributed by atoms with Crippen molar-refractivity contribution in [3.63, 3.8) is 0 Å². The molecule has 0 radical (unpaired) electrons. The van der Waals surface area contributed by atoms with E-state index in [1.54, 1.807) is 7.11 Å². The minimum Gasteiger partial charge on any atom is -0.496 e. The van der Waals surface area contributed by atoms with E-state index in [2.05, 4.69) is 56.2 Å². The van der Waals surface area contributed by atoms with Gasteiger partial charge in [-0.1, -0.05) is 24.6 Å². The molecule has 2 unspecified atom stereocenters. The fourth-order valence-electron chi connectivity index (χ4n) is 3.04. The molecular weight excluding hydrogens is 260 g/mol. The van der Waals surface area contributed by atoms with Crippen molar-refractivity contribution in [2.75, 3.05) is 27.2 Å². The summed E-state index contributed by atoms with van der Waals surface area (Å²) < 4.78 is 5.57. The van der Waals surface area contributed by atoms with Gasteiger partial charge in [-0.15, -0.1) is 0 Å². The van der Waals surface area contributed by atoms with Crippen LogP contribution >= 0.6 is 0 Å². The molecule has 0 bridgehead atoms. The Morgan fingerprint density at radius 3 is 2.67 bits per heavy atom. The third-order valence-electron chi connectivity index (χ3n) is 4.68. The number of ether oxygens (including phenoxy) is 1. The molecule has 0 amide bonds. The number of nitrogens with one attached hydrogen (secondary N) is 1. The molecule has 0 heterocycles. The van der Waals surface area contributed by atoms with Crippen LogP contribution in [0.25, 0.3) is 0 Å². The number of likely N-dealkylation sites (N-methyl/N-ethyl adjacent to an activating group) is 2. The first-order valence-corrected chi connectivity index (χ1v) is 8.15. The molecule has 3 nitrogen and oxygen atoms in total. The Labute approximate surface area is 129 Å². The lowest BCUT2D eigenvalue weighted by atomic mass is 10.0. The van der Waals surface area contributed by atoms with E-state index in [1.807, 2.05) is 0 Å². The molecule has 0 saturated heterocycles. The number of benzene rings is 1. The fraction of sp³-hybridized carbons (Fsp3) is 0.667. The molecule has 1 aliphatic rings. The molecule has 1 aromatic carbocycles. The lowest BCUT2D eigenvalue weighted by Crippen LogP contribution is -2.38. The molecule has 2 atom stereocenters. The Bertz CT molecular complexity index is 457. The molecular formula is C18H30N2O. The summed E-state index contributed by atoms with van der Waals surface area (Å²) in [5.74, 6) is 1.88. The van der Waals surface area contributed by atoms with Gasteiger partial charge < -0.3 is 15.0 Å². The normalized spacial score (nSPS) is 17.8. The summed E-state index contributed by atoms with van der Waals surface area (Å²) in [4.78, 5) is 2.49. The Balaban J connectivity index is 2.15. The second-order valence-corrected chi connectivity index (χ2v) is 6.37. The molecule has 0 spiro atoms. The number of aryl methyl sites for hydroxylation is 1. The first kappa shape index (κ1) is 16.3. The first-order valence-electron chi connectivity index (χ1n) is 8.15. The minimum atomic E-state index is 0.316. The summed E-state index contributed by atoms with van der Waals surface area (Å²) in [7, 11) is 4.00. The highest BCUT2D eigenvalue weighted by Gasteiger charge is 2.31. The minimum absolute atomic E-state index is 0.316. The maximum Gasteiger partial charge on any atom is 0.123 e. The van der Waals surface area contributed by atoms with Gasteiger partial charge in [0.1, 0.15) is 5.75 Å². The highest BCUT2D eigenvalue weighted by Crippen LogP contribution is 2.35. The predicted octanol–water partition coefficient (Wildman–Crippen LogP) is 3.38. The van der Waals surface area contributed by atoms with Crippen molar-refractivity contribution in [1.82, 2.24) is 10.2 Å². The number of methoxy groups -OCH3 is 1. The highest BCUT2D eigenvalue weighted by molar-refractivity contribution is 5.39. The molecule has 2 rings (SSSR count). The van der Waals surface area contributed by atoms with E-state index < -0.39 is 0 Å². The highest BCUT2D eigenvalue weighted by atomic mass is 16.5. The first-order chi connectivity index (χ1) is 10.1. The van der Waals surface area contributed by atoms with Gasteiger partial charge in [0, 0.05) is 24.2 Å². The van der Waals surface area contributed by atoms with Gasteiger partial charge in [0.05, 0.1) is 7.11 Å². The number of hydrogen-bond acceptors (Lipinski definition) is 3. The molecule has 1 saturated carbocycles. The van der Waals surface area contributed by atoms with E-state index in [9.17, 15) is 0 Å². The van der Waals surface area contributed by atoms with Gasteiger partial charge in [0.15, 0.2) is 0 Å². The van der Waals surface area contributed by atoms with Crippen LogP contribution in [0.3, 0.4) is 0 Å². The van der Waals surface area contributed by atoms with Crippen molar-refractivity contribution >= 4 is 0 Å². The smallest absolute Gasteiger partial charge is 0.123 e. The summed E-state index contributed by atoms with van der Waals surface area (Å²) in [5, 5.41) is 3.62. The third-order valence-corrected chi connectivity index (χ3v) is 4.68. The Morgan fingerprint density at radius 2 is 2.10 bits per heavy atom. The van der Waals surface area contributed by atoms with Gasteiger partial charge in [-0.2, -0.15) is 0 Å². The van der Waals surface area contributed by atoms with E-state index in [0.717, 1.165) is 24.8 Å². The lowest BCUT2D eigenvalue weighted by Gasteiger charge is -2.30. The summed E-state index contributed by atoms with van der Waals surface area (Å²) in [6.07, 6.45) is 2.79. The average Bonchev–Trinajstić information content (AvgIpc) is 3.30.